The second-order valence-electron chi connectivity index (χ2n) is 4.80. The van der Waals surface area contributed by atoms with Crippen LogP contribution in [0.2, 0.25) is 0 Å². The number of amides is 1. The monoisotopic (exact) mass is 232 g/mol. The number of benzene rings is 1. The van der Waals surface area contributed by atoms with E-state index in [-0.39, 0.29) is 11.8 Å². The number of carbonyl (C=O) groups excluding carboxylic acids is 1. The molecule has 1 aliphatic rings. The molecule has 1 aromatic carbocycles. The molecule has 0 fully saturated rings. The SMILES string of the molecule is CNCC(C)C(=O)NCC1Cc2ccccc21. The maximum Gasteiger partial charge on any atom is 0.224 e. The van der Waals surface area contributed by atoms with Crippen molar-refractivity contribution in [1.29, 1.82) is 0 Å². The van der Waals surface area contributed by atoms with Gasteiger partial charge in [-0.25, -0.2) is 0 Å². The predicted octanol–water partition coefficient (Wildman–Crippen LogP) is 1.30. The van der Waals surface area contributed by atoms with E-state index < -0.39 is 0 Å². The van der Waals surface area contributed by atoms with Crippen LogP contribution in [0.25, 0.3) is 0 Å². The van der Waals surface area contributed by atoms with Crippen LogP contribution in [0.4, 0.5) is 0 Å². The third-order valence-electron chi connectivity index (χ3n) is 3.44. The highest BCUT2D eigenvalue weighted by Crippen LogP contribution is 2.33. The molecule has 1 aliphatic carbocycles. The summed E-state index contributed by atoms with van der Waals surface area (Å²) in [7, 11) is 1.87. The highest BCUT2D eigenvalue weighted by atomic mass is 16.1. The predicted molar refractivity (Wildman–Crippen MR) is 69.0 cm³/mol. The molecular weight excluding hydrogens is 212 g/mol. The molecule has 0 aliphatic heterocycles. The van der Waals surface area contributed by atoms with Crippen LogP contribution in [0, 0.1) is 5.92 Å². The summed E-state index contributed by atoms with van der Waals surface area (Å²) < 4.78 is 0. The van der Waals surface area contributed by atoms with Crippen LogP contribution < -0.4 is 10.6 Å². The largest absolute Gasteiger partial charge is 0.355 e. The zero-order chi connectivity index (χ0) is 12.3. The first-order chi connectivity index (χ1) is 8.22. The molecule has 0 aromatic heterocycles. The van der Waals surface area contributed by atoms with Gasteiger partial charge in [-0.3, -0.25) is 4.79 Å². The summed E-state index contributed by atoms with van der Waals surface area (Å²) in [6.07, 6.45) is 1.09. The Kier molecular flexibility index (Phi) is 3.79. The smallest absolute Gasteiger partial charge is 0.224 e. The van der Waals surface area contributed by atoms with Crippen molar-refractivity contribution < 1.29 is 4.79 Å². The van der Waals surface area contributed by atoms with E-state index in [1.54, 1.807) is 0 Å². The van der Waals surface area contributed by atoms with Crippen LogP contribution in [0.5, 0.6) is 0 Å². The van der Waals surface area contributed by atoms with Crippen molar-refractivity contribution in [3.05, 3.63) is 35.4 Å². The number of hydrogen-bond donors (Lipinski definition) is 2. The Morgan fingerprint density at radius 2 is 2.24 bits per heavy atom. The van der Waals surface area contributed by atoms with E-state index in [1.807, 2.05) is 14.0 Å². The first-order valence-electron chi connectivity index (χ1n) is 6.22. The van der Waals surface area contributed by atoms with Gasteiger partial charge in [0.15, 0.2) is 0 Å². The number of rotatable bonds is 5. The lowest BCUT2D eigenvalue weighted by Crippen LogP contribution is -2.38. The number of fused-ring (bicyclic) bond motifs is 1. The van der Waals surface area contributed by atoms with E-state index in [0.717, 1.165) is 19.5 Å². The molecular formula is C14H20N2O. The van der Waals surface area contributed by atoms with Crippen molar-refractivity contribution in [2.45, 2.75) is 19.3 Å². The zero-order valence-electron chi connectivity index (χ0n) is 10.5. The van der Waals surface area contributed by atoms with Crippen LogP contribution in [-0.4, -0.2) is 26.0 Å². The second kappa shape index (κ2) is 5.32. The summed E-state index contributed by atoms with van der Waals surface area (Å²) in [6, 6.07) is 8.46. The molecule has 1 aromatic rings. The minimum absolute atomic E-state index is 0.0373. The summed E-state index contributed by atoms with van der Waals surface area (Å²) in [5.41, 5.74) is 2.82. The third-order valence-corrected chi connectivity index (χ3v) is 3.44. The Hall–Kier alpha value is -1.35. The normalized spacial score (nSPS) is 19.1. The first kappa shape index (κ1) is 12.1. The third kappa shape index (κ3) is 2.67. The van der Waals surface area contributed by atoms with Crippen LogP contribution >= 0.6 is 0 Å². The molecule has 2 atom stereocenters. The molecule has 1 amide bonds. The lowest BCUT2D eigenvalue weighted by atomic mass is 9.77. The molecule has 3 nitrogen and oxygen atoms in total. The topological polar surface area (TPSA) is 41.1 Å². The summed E-state index contributed by atoms with van der Waals surface area (Å²) >= 11 is 0. The van der Waals surface area contributed by atoms with E-state index in [4.69, 9.17) is 0 Å². The molecule has 2 unspecified atom stereocenters. The van der Waals surface area contributed by atoms with Gasteiger partial charge >= 0.3 is 0 Å². The van der Waals surface area contributed by atoms with Gasteiger partial charge < -0.3 is 10.6 Å². The van der Waals surface area contributed by atoms with Crippen molar-refractivity contribution >= 4 is 5.91 Å². The van der Waals surface area contributed by atoms with Gasteiger partial charge in [-0.2, -0.15) is 0 Å². The summed E-state index contributed by atoms with van der Waals surface area (Å²) in [4.78, 5) is 11.7. The minimum Gasteiger partial charge on any atom is -0.355 e. The maximum atomic E-state index is 11.7. The van der Waals surface area contributed by atoms with E-state index in [9.17, 15) is 4.79 Å². The molecule has 2 rings (SSSR count). The highest BCUT2D eigenvalue weighted by Gasteiger charge is 2.25. The van der Waals surface area contributed by atoms with Gasteiger partial charge in [0.05, 0.1) is 0 Å². The van der Waals surface area contributed by atoms with E-state index in [0.29, 0.717) is 5.92 Å². The molecule has 92 valence electrons. The molecule has 0 saturated heterocycles. The fraction of sp³-hybridized carbons (Fsp3) is 0.500. The molecule has 0 heterocycles. The van der Waals surface area contributed by atoms with Crippen molar-refractivity contribution in [3.8, 4) is 0 Å². The van der Waals surface area contributed by atoms with Gasteiger partial charge in [0.2, 0.25) is 5.91 Å². The van der Waals surface area contributed by atoms with Crippen molar-refractivity contribution in [2.75, 3.05) is 20.1 Å². The fourth-order valence-electron chi connectivity index (χ4n) is 2.34. The average Bonchev–Trinajstić information content (AvgIpc) is 2.30. The van der Waals surface area contributed by atoms with Crippen molar-refractivity contribution in [3.63, 3.8) is 0 Å². The van der Waals surface area contributed by atoms with Gasteiger partial charge in [0.1, 0.15) is 0 Å². The Labute approximate surface area is 103 Å². The Morgan fingerprint density at radius 1 is 1.47 bits per heavy atom. The minimum atomic E-state index is 0.0373. The fourth-order valence-corrected chi connectivity index (χ4v) is 2.34. The van der Waals surface area contributed by atoms with Crippen LogP contribution in [-0.2, 0) is 11.2 Å². The van der Waals surface area contributed by atoms with Crippen molar-refractivity contribution in [1.82, 2.24) is 10.6 Å². The average molecular weight is 232 g/mol. The standard InChI is InChI=1S/C14H20N2O/c1-10(8-15-2)14(17)16-9-12-7-11-5-3-4-6-13(11)12/h3-6,10,12,15H,7-9H2,1-2H3,(H,16,17). The van der Waals surface area contributed by atoms with Crippen LogP contribution in [0.15, 0.2) is 24.3 Å². The summed E-state index contributed by atoms with van der Waals surface area (Å²) in [5, 5.41) is 6.05. The van der Waals surface area contributed by atoms with E-state index in [2.05, 4.69) is 34.9 Å². The van der Waals surface area contributed by atoms with Gasteiger partial charge in [0.25, 0.3) is 0 Å². The molecule has 0 saturated carbocycles. The Balaban J connectivity index is 1.80. The number of nitrogens with one attached hydrogen (secondary N) is 2. The van der Waals surface area contributed by atoms with E-state index in [1.165, 1.54) is 11.1 Å². The molecule has 17 heavy (non-hydrogen) atoms. The van der Waals surface area contributed by atoms with Crippen LogP contribution in [0.3, 0.4) is 0 Å². The van der Waals surface area contributed by atoms with Gasteiger partial charge in [0, 0.05) is 24.9 Å². The highest BCUT2D eigenvalue weighted by molar-refractivity contribution is 5.78. The molecule has 2 N–H and O–H groups in total. The van der Waals surface area contributed by atoms with Crippen molar-refractivity contribution in [2.24, 2.45) is 5.92 Å². The number of hydrogen-bond acceptors (Lipinski definition) is 2. The molecule has 3 heteroatoms. The Morgan fingerprint density at radius 3 is 2.94 bits per heavy atom. The maximum absolute atomic E-state index is 11.7. The lowest BCUT2D eigenvalue weighted by Gasteiger charge is -2.30. The van der Waals surface area contributed by atoms with E-state index >= 15 is 0 Å². The lowest BCUT2D eigenvalue weighted by molar-refractivity contribution is -0.124. The number of carbonyl (C=O) groups is 1. The molecule has 0 spiro atoms. The van der Waals surface area contributed by atoms with Gasteiger partial charge in [-0.15, -0.1) is 0 Å². The summed E-state index contributed by atoms with van der Waals surface area (Å²) in [5.74, 6) is 0.691. The zero-order valence-corrected chi connectivity index (χ0v) is 10.5. The quantitative estimate of drug-likeness (QED) is 0.803. The Bertz CT molecular complexity index is 403. The van der Waals surface area contributed by atoms with Gasteiger partial charge in [-0.05, 0) is 24.6 Å². The first-order valence-corrected chi connectivity index (χ1v) is 6.22. The second-order valence-corrected chi connectivity index (χ2v) is 4.80. The summed E-state index contributed by atoms with van der Waals surface area (Å²) in [6.45, 7) is 3.44. The molecule has 0 bridgehead atoms. The molecule has 0 radical (unpaired) electrons. The van der Waals surface area contributed by atoms with Crippen LogP contribution in [0.1, 0.15) is 24.0 Å². The van der Waals surface area contributed by atoms with Gasteiger partial charge in [-0.1, -0.05) is 31.2 Å².